The van der Waals surface area contributed by atoms with Gasteiger partial charge in [-0.3, -0.25) is 9.69 Å². The van der Waals surface area contributed by atoms with Gasteiger partial charge in [0.25, 0.3) is 0 Å². The van der Waals surface area contributed by atoms with Crippen molar-refractivity contribution in [3.8, 4) is 0 Å². The highest BCUT2D eigenvalue weighted by atomic mass is 35.5. The fraction of sp³-hybridized carbons (Fsp3) is 0.611. The zero-order valence-electron chi connectivity index (χ0n) is 14.3. The Hall–Kier alpha value is -1.10. The second kappa shape index (κ2) is 10.6. The largest absolute Gasteiger partial charge is 0.338 e. The first kappa shape index (κ1) is 19.9. The summed E-state index contributed by atoms with van der Waals surface area (Å²) in [6.07, 6.45) is 2.24. The summed E-state index contributed by atoms with van der Waals surface area (Å²) < 4.78 is 0. The van der Waals surface area contributed by atoms with E-state index in [1.165, 1.54) is 5.56 Å². The van der Waals surface area contributed by atoms with E-state index in [-0.39, 0.29) is 18.3 Å². The predicted octanol–water partition coefficient (Wildman–Crippen LogP) is 2.53. The standard InChI is InChI=1S/C18H29N3O.ClH/c1-3-12-21(17-10-11-19-13-17)15-18(22)20(4-2)14-16-8-6-5-7-9-16;/h5-9,17,19H,3-4,10-15H2,1-2H3;1H. The zero-order chi connectivity index (χ0) is 15.8. The molecule has 130 valence electrons. The van der Waals surface area contributed by atoms with E-state index in [0.29, 0.717) is 19.1 Å². The lowest BCUT2D eigenvalue weighted by molar-refractivity contribution is -0.133. The first-order valence-corrected chi connectivity index (χ1v) is 8.51. The van der Waals surface area contributed by atoms with Gasteiger partial charge >= 0.3 is 0 Å². The average Bonchev–Trinajstić information content (AvgIpc) is 3.07. The maximum Gasteiger partial charge on any atom is 0.237 e. The Labute approximate surface area is 146 Å². The van der Waals surface area contributed by atoms with Gasteiger partial charge in [-0.05, 0) is 38.4 Å². The Kier molecular flexibility index (Phi) is 9.22. The molecule has 0 bridgehead atoms. The maximum absolute atomic E-state index is 12.7. The van der Waals surface area contributed by atoms with E-state index < -0.39 is 0 Å². The van der Waals surface area contributed by atoms with Gasteiger partial charge < -0.3 is 10.2 Å². The van der Waals surface area contributed by atoms with E-state index in [1.54, 1.807) is 0 Å². The van der Waals surface area contributed by atoms with Crippen molar-refractivity contribution in [2.75, 3.05) is 32.7 Å². The van der Waals surface area contributed by atoms with Crippen LogP contribution in [0.1, 0.15) is 32.3 Å². The number of carbonyl (C=O) groups excluding carboxylic acids is 1. The zero-order valence-corrected chi connectivity index (χ0v) is 15.1. The van der Waals surface area contributed by atoms with Gasteiger partial charge in [-0.15, -0.1) is 12.4 Å². The van der Waals surface area contributed by atoms with Crippen molar-refractivity contribution in [1.29, 1.82) is 0 Å². The summed E-state index contributed by atoms with van der Waals surface area (Å²) in [4.78, 5) is 17.0. The molecule has 1 N–H and O–H groups in total. The highest BCUT2D eigenvalue weighted by molar-refractivity contribution is 5.85. The molecule has 1 atom stereocenters. The van der Waals surface area contributed by atoms with E-state index in [0.717, 1.165) is 39.0 Å². The molecule has 1 heterocycles. The van der Waals surface area contributed by atoms with Crippen molar-refractivity contribution >= 4 is 18.3 Å². The Morgan fingerprint density at radius 3 is 2.57 bits per heavy atom. The first-order chi connectivity index (χ1) is 10.7. The van der Waals surface area contributed by atoms with Crippen LogP contribution in [-0.4, -0.2) is 54.5 Å². The molecule has 1 unspecified atom stereocenters. The summed E-state index contributed by atoms with van der Waals surface area (Å²) in [5, 5.41) is 3.40. The molecular formula is C18H30ClN3O. The fourth-order valence-electron chi connectivity index (χ4n) is 3.08. The molecule has 0 aliphatic carbocycles. The number of hydrogen-bond donors (Lipinski definition) is 1. The molecule has 1 aromatic carbocycles. The molecule has 1 aromatic rings. The summed E-state index contributed by atoms with van der Waals surface area (Å²) in [5.74, 6) is 0.242. The quantitative estimate of drug-likeness (QED) is 0.790. The highest BCUT2D eigenvalue weighted by Gasteiger charge is 2.25. The smallest absolute Gasteiger partial charge is 0.237 e. The lowest BCUT2D eigenvalue weighted by Gasteiger charge is -2.30. The van der Waals surface area contributed by atoms with Crippen LogP contribution in [0.25, 0.3) is 0 Å². The van der Waals surface area contributed by atoms with Crippen molar-refractivity contribution < 1.29 is 4.79 Å². The summed E-state index contributed by atoms with van der Waals surface area (Å²) in [6.45, 7) is 9.33. The van der Waals surface area contributed by atoms with Gasteiger partial charge in [0.2, 0.25) is 5.91 Å². The molecule has 0 radical (unpaired) electrons. The van der Waals surface area contributed by atoms with Crippen LogP contribution in [0.4, 0.5) is 0 Å². The number of nitrogens with zero attached hydrogens (tertiary/aromatic N) is 2. The Morgan fingerprint density at radius 1 is 1.26 bits per heavy atom. The number of benzene rings is 1. The van der Waals surface area contributed by atoms with Crippen LogP contribution in [0.5, 0.6) is 0 Å². The Balaban J connectivity index is 0.00000264. The van der Waals surface area contributed by atoms with Gasteiger partial charge in [-0.1, -0.05) is 37.3 Å². The molecule has 1 amide bonds. The summed E-state index contributed by atoms with van der Waals surface area (Å²) >= 11 is 0. The monoisotopic (exact) mass is 339 g/mol. The van der Waals surface area contributed by atoms with Crippen LogP contribution < -0.4 is 5.32 Å². The maximum atomic E-state index is 12.7. The second-order valence-corrected chi connectivity index (χ2v) is 6.01. The van der Waals surface area contributed by atoms with Gasteiger partial charge in [0, 0.05) is 25.7 Å². The van der Waals surface area contributed by atoms with Crippen molar-refractivity contribution in [2.24, 2.45) is 0 Å². The third-order valence-electron chi connectivity index (χ3n) is 4.35. The Morgan fingerprint density at radius 2 is 2.00 bits per heavy atom. The molecule has 23 heavy (non-hydrogen) atoms. The van der Waals surface area contributed by atoms with Crippen molar-refractivity contribution in [1.82, 2.24) is 15.1 Å². The van der Waals surface area contributed by atoms with E-state index >= 15 is 0 Å². The second-order valence-electron chi connectivity index (χ2n) is 6.01. The minimum atomic E-state index is 0. The minimum absolute atomic E-state index is 0. The molecule has 2 rings (SSSR count). The molecule has 5 heteroatoms. The average molecular weight is 340 g/mol. The molecule has 1 aliphatic rings. The molecule has 1 saturated heterocycles. The summed E-state index contributed by atoms with van der Waals surface area (Å²) in [5.41, 5.74) is 1.20. The van der Waals surface area contributed by atoms with Crippen LogP contribution in [0.3, 0.4) is 0 Å². The number of halogens is 1. The van der Waals surface area contributed by atoms with E-state index in [1.807, 2.05) is 23.1 Å². The van der Waals surface area contributed by atoms with Crippen molar-refractivity contribution in [3.63, 3.8) is 0 Å². The topological polar surface area (TPSA) is 35.6 Å². The summed E-state index contributed by atoms with van der Waals surface area (Å²) in [7, 11) is 0. The molecule has 0 saturated carbocycles. The van der Waals surface area contributed by atoms with E-state index in [2.05, 4.69) is 36.2 Å². The number of amides is 1. The van der Waals surface area contributed by atoms with E-state index in [4.69, 9.17) is 0 Å². The summed E-state index contributed by atoms with van der Waals surface area (Å²) in [6, 6.07) is 10.8. The number of likely N-dealkylation sites (N-methyl/N-ethyl adjacent to an activating group) is 1. The van der Waals surface area contributed by atoms with Crippen LogP contribution in [0, 0.1) is 0 Å². The van der Waals surface area contributed by atoms with Crippen molar-refractivity contribution in [3.05, 3.63) is 35.9 Å². The normalized spacial score (nSPS) is 17.1. The van der Waals surface area contributed by atoms with Gasteiger partial charge in [-0.25, -0.2) is 0 Å². The van der Waals surface area contributed by atoms with Crippen LogP contribution in [0.15, 0.2) is 30.3 Å². The lowest BCUT2D eigenvalue weighted by atomic mass is 10.2. The van der Waals surface area contributed by atoms with Crippen LogP contribution in [-0.2, 0) is 11.3 Å². The molecule has 1 fully saturated rings. The molecule has 0 spiro atoms. The van der Waals surface area contributed by atoms with Crippen LogP contribution in [0.2, 0.25) is 0 Å². The van der Waals surface area contributed by atoms with Crippen LogP contribution >= 0.6 is 12.4 Å². The number of nitrogens with one attached hydrogen (secondary N) is 1. The number of hydrogen-bond acceptors (Lipinski definition) is 3. The van der Waals surface area contributed by atoms with Gasteiger partial charge in [0.1, 0.15) is 0 Å². The van der Waals surface area contributed by atoms with Gasteiger partial charge in [0.05, 0.1) is 6.54 Å². The third kappa shape index (κ3) is 6.13. The lowest BCUT2D eigenvalue weighted by Crippen LogP contribution is -2.45. The van der Waals surface area contributed by atoms with Crippen molar-refractivity contribution in [2.45, 2.75) is 39.3 Å². The van der Waals surface area contributed by atoms with Gasteiger partial charge in [-0.2, -0.15) is 0 Å². The fourth-order valence-corrected chi connectivity index (χ4v) is 3.08. The predicted molar refractivity (Wildman–Crippen MR) is 97.9 cm³/mol. The molecule has 1 aliphatic heterocycles. The number of rotatable bonds is 8. The SMILES string of the molecule is CCCN(CC(=O)N(CC)Cc1ccccc1)C1CCNC1.Cl. The minimum Gasteiger partial charge on any atom is -0.338 e. The molecular weight excluding hydrogens is 310 g/mol. The Bertz CT molecular complexity index is 449. The van der Waals surface area contributed by atoms with E-state index in [9.17, 15) is 4.79 Å². The number of carbonyl (C=O) groups is 1. The molecule has 0 aromatic heterocycles. The third-order valence-corrected chi connectivity index (χ3v) is 4.35. The highest BCUT2D eigenvalue weighted by Crippen LogP contribution is 2.11. The molecule has 4 nitrogen and oxygen atoms in total. The first-order valence-electron chi connectivity index (χ1n) is 8.51. The van der Waals surface area contributed by atoms with Gasteiger partial charge in [0.15, 0.2) is 0 Å².